The summed E-state index contributed by atoms with van der Waals surface area (Å²) in [6.07, 6.45) is 0. The van der Waals surface area contributed by atoms with Gasteiger partial charge in [-0.05, 0) is 31.2 Å². The highest BCUT2D eigenvalue weighted by atomic mass is 35.5. The van der Waals surface area contributed by atoms with Gasteiger partial charge in [-0.15, -0.1) is 11.3 Å². The number of rotatable bonds is 3. The van der Waals surface area contributed by atoms with Crippen LogP contribution in [-0.4, -0.2) is 0 Å². The maximum Gasteiger partial charge on any atom is 0.0932 e. The van der Waals surface area contributed by atoms with E-state index >= 15 is 0 Å². The third kappa shape index (κ3) is 2.74. The first-order valence-electron chi connectivity index (χ1n) is 4.82. The molecule has 1 atom stereocenters. The zero-order valence-electron chi connectivity index (χ0n) is 8.41. The Morgan fingerprint density at radius 3 is 2.47 bits per heavy atom. The second kappa shape index (κ2) is 4.69. The summed E-state index contributed by atoms with van der Waals surface area (Å²) in [6, 6.07) is 14.5. The molecule has 2 aromatic rings. The lowest BCUT2D eigenvalue weighted by Crippen LogP contribution is -2.04. The summed E-state index contributed by atoms with van der Waals surface area (Å²) < 4.78 is 0.840. The van der Waals surface area contributed by atoms with E-state index in [0.717, 1.165) is 10.0 Å². The second-order valence-corrected chi connectivity index (χ2v) is 5.12. The summed E-state index contributed by atoms with van der Waals surface area (Å²) in [5.74, 6) is 0. The monoisotopic (exact) mass is 237 g/mol. The van der Waals surface area contributed by atoms with Gasteiger partial charge in [0.1, 0.15) is 0 Å². The standard InChI is InChI=1S/C12H12ClNS/c1-9(11-7-8-12(13)15-11)14-10-5-3-2-4-6-10/h2-9,14H,1H3/t9-/m1/s1. The van der Waals surface area contributed by atoms with E-state index in [1.165, 1.54) is 4.88 Å². The van der Waals surface area contributed by atoms with Crippen molar-refractivity contribution in [2.24, 2.45) is 0 Å². The van der Waals surface area contributed by atoms with Crippen molar-refractivity contribution in [3.8, 4) is 0 Å². The van der Waals surface area contributed by atoms with Crippen LogP contribution in [0.5, 0.6) is 0 Å². The van der Waals surface area contributed by atoms with E-state index in [1.807, 2.05) is 24.3 Å². The molecule has 15 heavy (non-hydrogen) atoms. The lowest BCUT2D eigenvalue weighted by atomic mass is 10.2. The van der Waals surface area contributed by atoms with Gasteiger partial charge in [-0.2, -0.15) is 0 Å². The molecule has 0 amide bonds. The van der Waals surface area contributed by atoms with Gasteiger partial charge in [0.25, 0.3) is 0 Å². The molecule has 0 aliphatic heterocycles. The lowest BCUT2D eigenvalue weighted by molar-refractivity contribution is 0.908. The van der Waals surface area contributed by atoms with Crippen LogP contribution in [0.4, 0.5) is 5.69 Å². The Morgan fingerprint density at radius 2 is 1.87 bits per heavy atom. The number of thiophene rings is 1. The summed E-state index contributed by atoms with van der Waals surface area (Å²) >= 11 is 7.52. The number of hydrogen-bond acceptors (Lipinski definition) is 2. The lowest BCUT2D eigenvalue weighted by Gasteiger charge is -2.13. The summed E-state index contributed by atoms with van der Waals surface area (Å²) in [5.41, 5.74) is 1.13. The van der Waals surface area contributed by atoms with Crippen molar-refractivity contribution in [3.05, 3.63) is 51.7 Å². The molecule has 1 aromatic heterocycles. The molecule has 0 radical (unpaired) electrons. The summed E-state index contributed by atoms with van der Waals surface area (Å²) in [5, 5.41) is 3.42. The molecule has 2 rings (SSSR count). The van der Waals surface area contributed by atoms with E-state index in [9.17, 15) is 0 Å². The molecule has 0 aliphatic rings. The van der Waals surface area contributed by atoms with Crippen molar-refractivity contribution in [2.75, 3.05) is 5.32 Å². The van der Waals surface area contributed by atoms with E-state index in [4.69, 9.17) is 11.6 Å². The predicted molar refractivity (Wildman–Crippen MR) is 67.8 cm³/mol. The Labute approximate surface area is 98.7 Å². The van der Waals surface area contributed by atoms with Gasteiger partial charge in [0.05, 0.1) is 10.4 Å². The highest BCUT2D eigenvalue weighted by molar-refractivity contribution is 7.16. The van der Waals surface area contributed by atoms with Crippen molar-refractivity contribution >= 4 is 28.6 Å². The molecule has 78 valence electrons. The van der Waals surface area contributed by atoms with Gasteiger partial charge in [-0.3, -0.25) is 0 Å². The molecule has 3 heteroatoms. The van der Waals surface area contributed by atoms with Crippen molar-refractivity contribution in [1.82, 2.24) is 0 Å². The van der Waals surface area contributed by atoms with E-state index in [2.05, 4.69) is 30.4 Å². The molecule has 0 aliphatic carbocycles. The molecule has 0 fully saturated rings. The molecule has 0 spiro atoms. The van der Waals surface area contributed by atoms with Crippen molar-refractivity contribution in [3.63, 3.8) is 0 Å². The van der Waals surface area contributed by atoms with Crippen LogP contribution in [0.2, 0.25) is 4.34 Å². The van der Waals surface area contributed by atoms with Gasteiger partial charge in [0.2, 0.25) is 0 Å². The fraction of sp³-hybridized carbons (Fsp3) is 0.167. The topological polar surface area (TPSA) is 12.0 Å². The first kappa shape index (κ1) is 10.5. The molecule has 1 heterocycles. The largest absolute Gasteiger partial charge is 0.378 e. The Morgan fingerprint density at radius 1 is 1.13 bits per heavy atom. The number of nitrogens with one attached hydrogen (secondary N) is 1. The summed E-state index contributed by atoms with van der Waals surface area (Å²) in [6.45, 7) is 2.13. The Bertz CT molecular complexity index is 424. The molecule has 1 nitrogen and oxygen atoms in total. The molecule has 0 bridgehead atoms. The Kier molecular flexibility index (Phi) is 3.29. The first-order chi connectivity index (χ1) is 7.25. The molecular formula is C12H12ClNS. The normalized spacial score (nSPS) is 12.4. The van der Waals surface area contributed by atoms with Gasteiger partial charge in [-0.25, -0.2) is 0 Å². The highest BCUT2D eigenvalue weighted by Gasteiger charge is 2.07. The van der Waals surface area contributed by atoms with Crippen LogP contribution in [-0.2, 0) is 0 Å². The molecule has 1 N–H and O–H groups in total. The van der Waals surface area contributed by atoms with Crippen LogP contribution >= 0.6 is 22.9 Å². The van der Waals surface area contributed by atoms with Crippen LogP contribution in [0, 0.1) is 0 Å². The number of halogens is 1. The third-order valence-electron chi connectivity index (χ3n) is 2.18. The first-order valence-corrected chi connectivity index (χ1v) is 6.02. The molecule has 0 saturated carbocycles. The van der Waals surface area contributed by atoms with Gasteiger partial charge < -0.3 is 5.32 Å². The van der Waals surface area contributed by atoms with Crippen molar-refractivity contribution in [2.45, 2.75) is 13.0 Å². The van der Waals surface area contributed by atoms with Crippen LogP contribution in [0.25, 0.3) is 0 Å². The summed E-state index contributed by atoms with van der Waals surface area (Å²) in [4.78, 5) is 1.25. The predicted octanol–water partition coefficient (Wildman–Crippen LogP) is 4.57. The number of anilines is 1. The SMILES string of the molecule is C[C@@H](Nc1ccccc1)c1ccc(Cl)s1. The molecule has 0 unspecified atom stereocenters. The third-order valence-corrected chi connectivity index (χ3v) is 3.59. The number of hydrogen-bond donors (Lipinski definition) is 1. The van der Waals surface area contributed by atoms with E-state index in [1.54, 1.807) is 11.3 Å². The minimum atomic E-state index is 0.296. The fourth-order valence-electron chi connectivity index (χ4n) is 1.42. The number of benzene rings is 1. The quantitative estimate of drug-likeness (QED) is 0.824. The van der Waals surface area contributed by atoms with Crippen LogP contribution in [0.1, 0.15) is 17.8 Å². The molecule has 1 aromatic carbocycles. The Hall–Kier alpha value is -0.990. The van der Waals surface area contributed by atoms with Gasteiger partial charge in [0.15, 0.2) is 0 Å². The molecule has 0 saturated heterocycles. The smallest absolute Gasteiger partial charge is 0.0932 e. The van der Waals surface area contributed by atoms with Gasteiger partial charge in [0, 0.05) is 10.6 Å². The zero-order chi connectivity index (χ0) is 10.7. The van der Waals surface area contributed by atoms with Gasteiger partial charge >= 0.3 is 0 Å². The van der Waals surface area contributed by atoms with Crippen LogP contribution < -0.4 is 5.32 Å². The van der Waals surface area contributed by atoms with E-state index in [0.29, 0.717) is 6.04 Å². The minimum absolute atomic E-state index is 0.296. The fourth-order valence-corrected chi connectivity index (χ4v) is 2.48. The van der Waals surface area contributed by atoms with Gasteiger partial charge in [-0.1, -0.05) is 29.8 Å². The maximum atomic E-state index is 5.90. The van der Waals surface area contributed by atoms with E-state index in [-0.39, 0.29) is 0 Å². The van der Waals surface area contributed by atoms with E-state index < -0.39 is 0 Å². The maximum absolute atomic E-state index is 5.90. The van der Waals surface area contributed by atoms with Crippen molar-refractivity contribution in [1.29, 1.82) is 0 Å². The Balaban J connectivity index is 2.07. The highest BCUT2D eigenvalue weighted by Crippen LogP contribution is 2.28. The molecular weight excluding hydrogens is 226 g/mol. The zero-order valence-corrected chi connectivity index (χ0v) is 9.98. The minimum Gasteiger partial charge on any atom is -0.378 e. The second-order valence-electron chi connectivity index (χ2n) is 3.37. The van der Waals surface area contributed by atoms with Crippen molar-refractivity contribution < 1.29 is 0 Å². The number of para-hydroxylation sites is 1. The summed E-state index contributed by atoms with van der Waals surface area (Å²) in [7, 11) is 0. The average molecular weight is 238 g/mol. The van der Waals surface area contributed by atoms with Crippen LogP contribution in [0.3, 0.4) is 0 Å². The van der Waals surface area contributed by atoms with Crippen LogP contribution in [0.15, 0.2) is 42.5 Å². The average Bonchev–Trinajstić information content (AvgIpc) is 2.66.